The van der Waals surface area contributed by atoms with Gasteiger partial charge >= 0.3 is 17.9 Å². The number of hydrogen-bond donors (Lipinski definition) is 1. The molecule has 1 aromatic heterocycles. The van der Waals surface area contributed by atoms with Crippen LogP contribution in [0.3, 0.4) is 0 Å². The van der Waals surface area contributed by atoms with E-state index in [1.54, 1.807) is 13.8 Å². The number of methoxy groups -OCH3 is 2. The summed E-state index contributed by atoms with van der Waals surface area (Å²) in [6.45, 7) is 2.75. The van der Waals surface area contributed by atoms with Gasteiger partial charge in [0.1, 0.15) is 0 Å². The van der Waals surface area contributed by atoms with Crippen molar-refractivity contribution < 1.29 is 33.4 Å². The quantitative estimate of drug-likeness (QED) is 0.469. The van der Waals surface area contributed by atoms with Gasteiger partial charge in [-0.15, -0.1) is 0 Å². The van der Waals surface area contributed by atoms with Gasteiger partial charge in [0.25, 0.3) is 0 Å². The first-order valence-electron chi connectivity index (χ1n) is 7.96. The molecular formula is C19H19NO7. The molecule has 0 unspecified atom stereocenters. The maximum absolute atomic E-state index is 12.3. The summed E-state index contributed by atoms with van der Waals surface area (Å²) in [7, 11) is 2.51. The van der Waals surface area contributed by atoms with Crippen LogP contribution in [0.5, 0.6) is 0 Å². The Bertz CT molecular complexity index is 894. The number of Topliss-reactive ketones (excluding diaryl/α,β-unsaturated/α-hetero) is 1. The lowest BCUT2D eigenvalue weighted by Gasteiger charge is -2.05. The monoisotopic (exact) mass is 373 g/mol. The van der Waals surface area contributed by atoms with E-state index in [0.717, 1.165) is 0 Å². The molecule has 0 atom stereocenters. The van der Waals surface area contributed by atoms with Crippen LogP contribution in [-0.2, 0) is 14.2 Å². The highest BCUT2D eigenvalue weighted by Gasteiger charge is 2.23. The average molecular weight is 373 g/mol. The molecule has 0 aliphatic rings. The van der Waals surface area contributed by atoms with E-state index in [9.17, 15) is 19.2 Å². The van der Waals surface area contributed by atoms with Gasteiger partial charge in [0, 0.05) is 5.69 Å². The molecular weight excluding hydrogens is 354 g/mol. The first-order valence-corrected chi connectivity index (χ1v) is 7.96. The second-order valence-electron chi connectivity index (χ2n) is 5.68. The molecule has 0 aliphatic heterocycles. The Morgan fingerprint density at radius 3 is 1.89 bits per heavy atom. The van der Waals surface area contributed by atoms with Crippen LogP contribution in [0, 0.1) is 13.8 Å². The highest BCUT2D eigenvalue weighted by atomic mass is 16.5. The molecule has 1 N–H and O–H groups in total. The highest BCUT2D eigenvalue weighted by Crippen LogP contribution is 2.19. The van der Waals surface area contributed by atoms with Crippen molar-refractivity contribution in [2.24, 2.45) is 0 Å². The first kappa shape index (κ1) is 19.9. The van der Waals surface area contributed by atoms with Crippen LogP contribution in [0.4, 0.5) is 0 Å². The van der Waals surface area contributed by atoms with Gasteiger partial charge in [-0.2, -0.15) is 0 Å². The summed E-state index contributed by atoms with van der Waals surface area (Å²) in [5, 5.41) is 0. The summed E-state index contributed by atoms with van der Waals surface area (Å²) in [5.74, 6) is -2.27. The zero-order valence-corrected chi connectivity index (χ0v) is 15.4. The molecule has 0 fully saturated rings. The third kappa shape index (κ3) is 4.22. The molecule has 8 nitrogen and oxygen atoms in total. The largest absolute Gasteiger partial charge is 0.465 e. The van der Waals surface area contributed by atoms with Crippen molar-refractivity contribution in [2.45, 2.75) is 13.8 Å². The highest BCUT2D eigenvalue weighted by molar-refractivity contribution is 6.03. The second kappa shape index (κ2) is 8.31. The number of benzene rings is 1. The number of aromatic nitrogens is 1. The summed E-state index contributed by atoms with van der Waals surface area (Å²) < 4.78 is 14.3. The summed E-state index contributed by atoms with van der Waals surface area (Å²) in [6, 6.07) is 5.65. The average Bonchev–Trinajstić information content (AvgIpc) is 2.98. The van der Waals surface area contributed by atoms with E-state index in [1.807, 2.05) is 0 Å². The topological polar surface area (TPSA) is 112 Å². The third-order valence-electron chi connectivity index (χ3n) is 3.98. The lowest BCUT2D eigenvalue weighted by Crippen LogP contribution is -2.16. The van der Waals surface area contributed by atoms with Gasteiger partial charge in [0.15, 0.2) is 6.61 Å². The van der Waals surface area contributed by atoms with Crippen molar-refractivity contribution in [3.8, 4) is 0 Å². The van der Waals surface area contributed by atoms with Crippen molar-refractivity contribution in [2.75, 3.05) is 20.8 Å². The van der Waals surface area contributed by atoms with Gasteiger partial charge in [-0.3, -0.25) is 4.79 Å². The van der Waals surface area contributed by atoms with E-state index < -0.39 is 30.3 Å². The number of nitrogens with one attached hydrogen (secondary N) is 1. The fraction of sp³-hybridized carbons (Fsp3) is 0.263. The Labute approximate surface area is 155 Å². The first-order chi connectivity index (χ1) is 12.8. The number of aromatic amines is 1. The Hall–Kier alpha value is -3.42. The second-order valence-corrected chi connectivity index (χ2v) is 5.68. The number of H-pyrrole nitrogens is 1. The molecule has 27 heavy (non-hydrogen) atoms. The molecule has 2 rings (SSSR count). The summed E-state index contributed by atoms with van der Waals surface area (Å²) in [6.07, 6.45) is 0. The molecule has 1 heterocycles. The van der Waals surface area contributed by atoms with E-state index in [-0.39, 0.29) is 22.4 Å². The summed E-state index contributed by atoms with van der Waals surface area (Å²) >= 11 is 0. The van der Waals surface area contributed by atoms with Gasteiger partial charge in [-0.25, -0.2) is 14.4 Å². The summed E-state index contributed by atoms with van der Waals surface area (Å²) in [4.78, 5) is 50.4. The molecule has 0 amide bonds. The standard InChI is InChI=1S/C19H19NO7/c1-10-15(19(24)26-4)11(2)20-16(10)14(21)9-27-18(23)13-7-5-12(6-8-13)17(22)25-3/h5-8,20H,9H2,1-4H3. The molecule has 142 valence electrons. The number of carbonyl (C=O) groups is 4. The minimum absolute atomic E-state index is 0.182. The molecule has 0 saturated heterocycles. The number of esters is 3. The van der Waals surface area contributed by atoms with Crippen LogP contribution in [0.15, 0.2) is 24.3 Å². The normalized spacial score (nSPS) is 10.2. The van der Waals surface area contributed by atoms with Gasteiger partial charge in [0.2, 0.25) is 5.78 Å². The van der Waals surface area contributed by atoms with Crippen LogP contribution in [-0.4, -0.2) is 49.5 Å². The maximum atomic E-state index is 12.3. The van der Waals surface area contributed by atoms with Crippen LogP contribution in [0.25, 0.3) is 0 Å². The molecule has 0 spiro atoms. The third-order valence-corrected chi connectivity index (χ3v) is 3.98. The van der Waals surface area contributed by atoms with Crippen molar-refractivity contribution >= 4 is 23.7 Å². The fourth-order valence-electron chi connectivity index (χ4n) is 2.58. The van der Waals surface area contributed by atoms with Crippen LogP contribution >= 0.6 is 0 Å². The van der Waals surface area contributed by atoms with Crippen molar-refractivity contribution in [1.29, 1.82) is 0 Å². The Balaban J connectivity index is 2.06. The van der Waals surface area contributed by atoms with Gasteiger partial charge in [0.05, 0.1) is 36.6 Å². The number of ketones is 1. The van der Waals surface area contributed by atoms with Gasteiger partial charge < -0.3 is 19.2 Å². The van der Waals surface area contributed by atoms with Crippen molar-refractivity contribution in [3.05, 3.63) is 57.9 Å². The van der Waals surface area contributed by atoms with Gasteiger partial charge in [-0.1, -0.05) is 0 Å². The lowest BCUT2D eigenvalue weighted by molar-refractivity contribution is 0.0472. The van der Waals surface area contributed by atoms with E-state index in [4.69, 9.17) is 9.47 Å². The Morgan fingerprint density at radius 1 is 0.852 bits per heavy atom. The number of ether oxygens (including phenoxy) is 3. The predicted molar refractivity (Wildman–Crippen MR) is 94.0 cm³/mol. The van der Waals surface area contributed by atoms with Crippen LogP contribution in [0.2, 0.25) is 0 Å². The smallest absolute Gasteiger partial charge is 0.339 e. The minimum Gasteiger partial charge on any atom is -0.465 e. The van der Waals surface area contributed by atoms with Gasteiger partial charge in [-0.05, 0) is 43.7 Å². The minimum atomic E-state index is -0.714. The number of hydrogen-bond acceptors (Lipinski definition) is 7. The van der Waals surface area contributed by atoms with E-state index in [0.29, 0.717) is 11.3 Å². The SMILES string of the molecule is COC(=O)c1ccc(C(=O)OCC(=O)c2[nH]c(C)c(C(=O)OC)c2C)cc1. The Kier molecular flexibility index (Phi) is 6.12. The van der Waals surface area contributed by atoms with E-state index in [1.165, 1.54) is 38.5 Å². The van der Waals surface area contributed by atoms with E-state index in [2.05, 4.69) is 9.72 Å². The lowest BCUT2D eigenvalue weighted by atomic mass is 10.1. The summed E-state index contributed by atoms with van der Waals surface area (Å²) in [5.41, 5.74) is 1.87. The predicted octanol–water partition coefficient (Wildman–Crippen LogP) is 2.24. The molecule has 0 aliphatic carbocycles. The zero-order valence-electron chi connectivity index (χ0n) is 15.4. The molecule has 0 radical (unpaired) electrons. The Morgan fingerprint density at radius 2 is 1.37 bits per heavy atom. The molecule has 1 aromatic carbocycles. The molecule has 0 bridgehead atoms. The van der Waals surface area contributed by atoms with Crippen LogP contribution in [0.1, 0.15) is 52.8 Å². The molecule has 0 saturated carbocycles. The number of aryl methyl sites for hydroxylation is 1. The molecule has 2 aromatic rings. The van der Waals surface area contributed by atoms with Crippen LogP contribution < -0.4 is 0 Å². The maximum Gasteiger partial charge on any atom is 0.339 e. The number of carbonyl (C=O) groups excluding carboxylic acids is 4. The fourth-order valence-corrected chi connectivity index (χ4v) is 2.58. The van der Waals surface area contributed by atoms with Crippen molar-refractivity contribution in [1.82, 2.24) is 4.98 Å². The van der Waals surface area contributed by atoms with Crippen molar-refractivity contribution in [3.63, 3.8) is 0 Å². The zero-order chi connectivity index (χ0) is 20.1. The van der Waals surface area contributed by atoms with E-state index >= 15 is 0 Å². The molecule has 8 heteroatoms. The number of rotatable bonds is 6.